The quantitative estimate of drug-likeness (QED) is 0.649. The molecule has 28 heavy (non-hydrogen) atoms. The van der Waals surface area contributed by atoms with E-state index in [1.807, 2.05) is 6.07 Å². The molecule has 0 aliphatic heterocycles. The summed E-state index contributed by atoms with van der Waals surface area (Å²) in [6.45, 7) is 4.79. The molecule has 1 fully saturated rings. The van der Waals surface area contributed by atoms with E-state index in [4.69, 9.17) is 4.74 Å². The van der Waals surface area contributed by atoms with Crippen LogP contribution in [0.4, 0.5) is 5.69 Å². The second-order valence-electron chi connectivity index (χ2n) is 7.63. The molecule has 1 aliphatic carbocycles. The van der Waals surface area contributed by atoms with Crippen LogP contribution in [0.25, 0.3) is 0 Å². The van der Waals surface area contributed by atoms with Crippen molar-refractivity contribution in [2.45, 2.75) is 57.8 Å². The number of carbonyl (C=O) groups excluding carboxylic acids is 1. The zero-order valence-corrected chi connectivity index (χ0v) is 16.8. The summed E-state index contributed by atoms with van der Waals surface area (Å²) in [5.41, 5.74) is 2.71. The molecule has 0 aromatic heterocycles. The Kier molecular flexibility index (Phi) is 6.36. The minimum Gasteiger partial charge on any atom is -0.494 e. The van der Waals surface area contributed by atoms with Gasteiger partial charge in [0.25, 0.3) is 0 Å². The lowest BCUT2D eigenvalue weighted by molar-refractivity contribution is -0.121. The largest absolute Gasteiger partial charge is 0.494 e. The molecule has 2 aromatic carbocycles. The number of ether oxygens (including phenoxy) is 1. The van der Waals surface area contributed by atoms with E-state index in [0.29, 0.717) is 23.6 Å². The normalized spacial score (nSPS) is 15.0. The Hall–Kier alpha value is -2.80. The third-order valence-electron chi connectivity index (χ3n) is 5.62. The molecule has 1 aliphatic rings. The van der Waals surface area contributed by atoms with Crippen LogP contribution >= 0.6 is 0 Å². The number of amides is 1. The van der Waals surface area contributed by atoms with E-state index in [9.17, 15) is 10.1 Å². The van der Waals surface area contributed by atoms with Crippen LogP contribution in [-0.4, -0.2) is 12.5 Å². The Morgan fingerprint density at radius 3 is 2.54 bits per heavy atom. The maximum atomic E-state index is 13.3. The summed E-state index contributed by atoms with van der Waals surface area (Å²) in [5, 5.41) is 12.6. The third-order valence-corrected chi connectivity index (χ3v) is 5.62. The number of nitrogens with zero attached hydrogens (tertiary/aromatic N) is 1. The summed E-state index contributed by atoms with van der Waals surface area (Å²) in [6.07, 6.45) is 5.77. The first-order valence-electron chi connectivity index (χ1n) is 10.1. The second-order valence-corrected chi connectivity index (χ2v) is 7.63. The lowest BCUT2D eigenvalue weighted by atomic mass is 9.77. The van der Waals surface area contributed by atoms with Crippen LogP contribution in [0.5, 0.6) is 5.75 Å². The SMILES string of the molecule is CCCCOc1ccc(NC(=O)C2(c3ccc(C)cc3)CCCC2)c(C#N)c1. The van der Waals surface area contributed by atoms with Crippen molar-refractivity contribution in [3.63, 3.8) is 0 Å². The van der Waals surface area contributed by atoms with Crippen molar-refractivity contribution in [2.24, 2.45) is 0 Å². The van der Waals surface area contributed by atoms with Gasteiger partial charge in [0.2, 0.25) is 5.91 Å². The van der Waals surface area contributed by atoms with Gasteiger partial charge in [0, 0.05) is 0 Å². The highest BCUT2D eigenvalue weighted by molar-refractivity contribution is 6.00. The molecular weight excluding hydrogens is 348 g/mol. The first-order chi connectivity index (χ1) is 13.6. The molecule has 1 saturated carbocycles. The second kappa shape index (κ2) is 8.93. The fourth-order valence-corrected chi connectivity index (χ4v) is 3.89. The zero-order chi connectivity index (χ0) is 20.0. The van der Waals surface area contributed by atoms with Crippen LogP contribution < -0.4 is 10.1 Å². The minimum absolute atomic E-state index is 0.0231. The molecule has 1 amide bonds. The van der Waals surface area contributed by atoms with Gasteiger partial charge in [0.05, 0.1) is 23.3 Å². The lowest BCUT2D eigenvalue weighted by Gasteiger charge is -2.28. The molecule has 2 aromatic rings. The fraction of sp³-hybridized carbons (Fsp3) is 0.417. The maximum Gasteiger partial charge on any atom is 0.235 e. The lowest BCUT2D eigenvalue weighted by Crippen LogP contribution is -2.38. The number of carbonyl (C=O) groups is 1. The van der Waals surface area contributed by atoms with Crippen molar-refractivity contribution in [2.75, 3.05) is 11.9 Å². The molecule has 146 valence electrons. The Balaban J connectivity index is 1.82. The van der Waals surface area contributed by atoms with E-state index in [1.165, 1.54) is 5.56 Å². The summed E-state index contributed by atoms with van der Waals surface area (Å²) in [5.74, 6) is 0.641. The first kappa shape index (κ1) is 19.9. The highest BCUT2D eigenvalue weighted by Gasteiger charge is 2.42. The smallest absolute Gasteiger partial charge is 0.235 e. The molecule has 4 nitrogen and oxygen atoms in total. The number of anilines is 1. The molecule has 0 radical (unpaired) electrons. The molecule has 3 rings (SSSR count). The van der Waals surface area contributed by atoms with Crippen LogP contribution in [0, 0.1) is 18.3 Å². The minimum atomic E-state index is -0.517. The van der Waals surface area contributed by atoms with Gasteiger partial charge in [-0.1, -0.05) is 56.0 Å². The van der Waals surface area contributed by atoms with E-state index in [-0.39, 0.29) is 5.91 Å². The summed E-state index contributed by atoms with van der Waals surface area (Å²) < 4.78 is 5.69. The van der Waals surface area contributed by atoms with E-state index >= 15 is 0 Å². The van der Waals surface area contributed by atoms with Gasteiger partial charge in [-0.15, -0.1) is 0 Å². The van der Waals surface area contributed by atoms with Crippen molar-refractivity contribution >= 4 is 11.6 Å². The Bertz CT molecular complexity index is 859. The number of nitrogens with one attached hydrogen (secondary N) is 1. The fourth-order valence-electron chi connectivity index (χ4n) is 3.89. The van der Waals surface area contributed by atoms with Crippen molar-refractivity contribution in [3.8, 4) is 11.8 Å². The number of hydrogen-bond donors (Lipinski definition) is 1. The molecule has 0 bridgehead atoms. The standard InChI is InChI=1S/C24H28N2O2/c1-3-4-15-28-21-11-12-22(19(16-21)17-25)26-23(27)24(13-5-6-14-24)20-9-7-18(2)8-10-20/h7-12,16H,3-6,13-15H2,1-2H3,(H,26,27). The molecule has 4 heteroatoms. The third kappa shape index (κ3) is 4.20. The van der Waals surface area contributed by atoms with Gasteiger partial charge >= 0.3 is 0 Å². The predicted octanol–water partition coefficient (Wildman–Crippen LogP) is 5.50. The van der Waals surface area contributed by atoms with Gasteiger partial charge in [-0.2, -0.15) is 5.26 Å². The molecule has 0 saturated heterocycles. The topological polar surface area (TPSA) is 62.1 Å². The van der Waals surface area contributed by atoms with Crippen LogP contribution in [-0.2, 0) is 10.2 Å². The van der Waals surface area contributed by atoms with Gasteiger partial charge < -0.3 is 10.1 Å². The van der Waals surface area contributed by atoms with Crippen LogP contribution in [0.15, 0.2) is 42.5 Å². The number of benzene rings is 2. The van der Waals surface area contributed by atoms with Gasteiger partial charge in [-0.25, -0.2) is 0 Å². The maximum absolute atomic E-state index is 13.3. The summed E-state index contributed by atoms with van der Waals surface area (Å²) in [6, 6.07) is 15.7. The highest BCUT2D eigenvalue weighted by atomic mass is 16.5. The number of aryl methyl sites for hydroxylation is 1. The highest BCUT2D eigenvalue weighted by Crippen LogP contribution is 2.42. The van der Waals surface area contributed by atoms with E-state index in [2.05, 4.69) is 49.5 Å². The molecule has 1 N–H and O–H groups in total. The van der Waals surface area contributed by atoms with Crippen molar-refractivity contribution in [3.05, 3.63) is 59.2 Å². The Morgan fingerprint density at radius 2 is 1.89 bits per heavy atom. The van der Waals surface area contributed by atoms with Crippen molar-refractivity contribution in [1.82, 2.24) is 0 Å². The number of unbranched alkanes of at least 4 members (excludes halogenated alkanes) is 1. The molecule has 0 spiro atoms. The Morgan fingerprint density at radius 1 is 1.18 bits per heavy atom. The molecule has 0 atom stereocenters. The van der Waals surface area contributed by atoms with Crippen molar-refractivity contribution < 1.29 is 9.53 Å². The molecular formula is C24H28N2O2. The number of rotatable bonds is 7. The van der Waals surface area contributed by atoms with Gasteiger partial charge in [-0.3, -0.25) is 4.79 Å². The van der Waals surface area contributed by atoms with Crippen LogP contribution in [0.3, 0.4) is 0 Å². The van der Waals surface area contributed by atoms with E-state index in [0.717, 1.165) is 44.1 Å². The average molecular weight is 377 g/mol. The van der Waals surface area contributed by atoms with E-state index in [1.54, 1.807) is 12.1 Å². The van der Waals surface area contributed by atoms with Gasteiger partial charge in [0.15, 0.2) is 0 Å². The molecule has 0 heterocycles. The molecule has 0 unspecified atom stereocenters. The summed E-state index contributed by atoms with van der Waals surface area (Å²) in [7, 11) is 0. The average Bonchev–Trinajstić information content (AvgIpc) is 3.21. The first-order valence-corrected chi connectivity index (χ1v) is 10.1. The van der Waals surface area contributed by atoms with Crippen molar-refractivity contribution in [1.29, 1.82) is 5.26 Å². The Labute approximate surface area is 167 Å². The van der Waals surface area contributed by atoms with E-state index < -0.39 is 5.41 Å². The monoisotopic (exact) mass is 376 g/mol. The zero-order valence-electron chi connectivity index (χ0n) is 16.8. The van der Waals surface area contributed by atoms with Crippen LogP contribution in [0.1, 0.15) is 62.1 Å². The summed E-state index contributed by atoms with van der Waals surface area (Å²) in [4.78, 5) is 13.3. The van der Waals surface area contributed by atoms with Crippen LogP contribution in [0.2, 0.25) is 0 Å². The number of nitriles is 1. The number of hydrogen-bond acceptors (Lipinski definition) is 3. The predicted molar refractivity (Wildman–Crippen MR) is 112 cm³/mol. The summed E-state index contributed by atoms with van der Waals surface area (Å²) >= 11 is 0. The van der Waals surface area contributed by atoms with Gasteiger partial charge in [0.1, 0.15) is 11.8 Å². The van der Waals surface area contributed by atoms with Gasteiger partial charge in [-0.05, 0) is 49.9 Å².